The second-order valence-electron chi connectivity index (χ2n) is 6.94. The number of benzene rings is 1. The van der Waals surface area contributed by atoms with Crippen LogP contribution in [0.5, 0.6) is 11.5 Å². The van der Waals surface area contributed by atoms with E-state index in [2.05, 4.69) is 17.2 Å². The van der Waals surface area contributed by atoms with Crippen molar-refractivity contribution in [3.8, 4) is 11.5 Å². The van der Waals surface area contributed by atoms with Crippen molar-refractivity contribution in [1.29, 1.82) is 0 Å². The minimum absolute atomic E-state index is 0.00619. The van der Waals surface area contributed by atoms with Crippen LogP contribution < -0.4 is 19.7 Å². The number of hydrazine groups is 1. The normalized spacial score (nSPS) is 18.4. The highest BCUT2D eigenvalue weighted by molar-refractivity contribution is 7.89. The van der Waals surface area contributed by atoms with E-state index in [4.69, 9.17) is 9.47 Å². The monoisotopic (exact) mass is 422 g/mol. The van der Waals surface area contributed by atoms with Crippen LogP contribution in [0.2, 0.25) is 0 Å². The average Bonchev–Trinajstić information content (AvgIpc) is 3.15. The number of sulfonamides is 1. The number of hydrogen-bond acceptors (Lipinski definition) is 6. The highest BCUT2D eigenvalue weighted by Crippen LogP contribution is 2.34. The quantitative estimate of drug-likeness (QED) is 0.723. The summed E-state index contributed by atoms with van der Waals surface area (Å²) in [5.41, 5.74) is 3.52. The van der Waals surface area contributed by atoms with Gasteiger partial charge in [-0.05, 0) is 48.9 Å². The fourth-order valence-corrected chi connectivity index (χ4v) is 5.44. The van der Waals surface area contributed by atoms with Crippen LogP contribution in [-0.2, 0) is 22.9 Å². The highest BCUT2D eigenvalue weighted by Gasteiger charge is 2.24. The molecule has 1 aliphatic heterocycles. The maximum atomic E-state index is 12.5. The van der Waals surface area contributed by atoms with E-state index < -0.39 is 15.9 Å². The van der Waals surface area contributed by atoms with Gasteiger partial charge >= 0.3 is 0 Å². The van der Waals surface area contributed by atoms with Crippen LogP contribution >= 0.6 is 11.3 Å². The second kappa shape index (κ2) is 7.73. The first-order valence-corrected chi connectivity index (χ1v) is 11.6. The number of amides is 1. The molecule has 0 spiro atoms. The highest BCUT2D eigenvalue weighted by atomic mass is 32.2. The Labute approximate surface area is 168 Å². The van der Waals surface area contributed by atoms with Gasteiger partial charge in [-0.25, -0.2) is 8.42 Å². The molecule has 150 valence electrons. The van der Waals surface area contributed by atoms with Gasteiger partial charge in [-0.15, -0.1) is 16.2 Å². The van der Waals surface area contributed by atoms with E-state index in [9.17, 15) is 13.2 Å². The van der Waals surface area contributed by atoms with Crippen molar-refractivity contribution in [3.63, 3.8) is 0 Å². The number of nitrogens with one attached hydrogen (secondary N) is 2. The Balaban J connectivity index is 1.44. The molecule has 1 aliphatic carbocycles. The van der Waals surface area contributed by atoms with Crippen molar-refractivity contribution in [1.82, 2.24) is 10.3 Å². The molecular weight excluding hydrogens is 400 g/mol. The number of aryl methyl sites for hydroxylation is 1. The largest absolute Gasteiger partial charge is 0.486 e. The molecule has 0 saturated heterocycles. The van der Waals surface area contributed by atoms with E-state index in [1.165, 1.54) is 33.9 Å². The lowest BCUT2D eigenvalue weighted by Crippen LogP contribution is -2.41. The lowest BCUT2D eigenvalue weighted by atomic mass is 9.87. The lowest BCUT2D eigenvalue weighted by molar-refractivity contribution is 0.0949. The minimum atomic E-state index is -3.92. The Morgan fingerprint density at radius 3 is 2.79 bits per heavy atom. The number of carbonyl (C=O) groups excluding carboxylic acids is 1. The summed E-state index contributed by atoms with van der Waals surface area (Å²) in [6.07, 6.45) is 4.24. The van der Waals surface area contributed by atoms with Gasteiger partial charge in [-0.2, -0.15) is 0 Å². The Morgan fingerprint density at radius 1 is 1.21 bits per heavy atom. The Hall–Kier alpha value is -2.10. The van der Waals surface area contributed by atoms with Crippen LogP contribution in [-0.4, -0.2) is 27.5 Å². The van der Waals surface area contributed by atoms with Gasteiger partial charge in [0.25, 0.3) is 15.9 Å². The zero-order valence-electron chi connectivity index (χ0n) is 15.5. The maximum absolute atomic E-state index is 12.5. The van der Waals surface area contributed by atoms with Crippen LogP contribution in [0.3, 0.4) is 0 Å². The molecule has 28 heavy (non-hydrogen) atoms. The first kappa shape index (κ1) is 19.2. The molecule has 2 aliphatic rings. The minimum Gasteiger partial charge on any atom is -0.486 e. The van der Waals surface area contributed by atoms with Crippen molar-refractivity contribution in [3.05, 3.63) is 39.6 Å². The Bertz CT molecular complexity index is 1000. The number of ether oxygens (including phenoxy) is 2. The smallest absolute Gasteiger partial charge is 0.276 e. The fraction of sp³-hybridized carbons (Fsp3) is 0.421. The van der Waals surface area contributed by atoms with Crippen molar-refractivity contribution in [2.75, 3.05) is 13.2 Å². The van der Waals surface area contributed by atoms with E-state index in [0.29, 0.717) is 35.5 Å². The maximum Gasteiger partial charge on any atom is 0.276 e. The van der Waals surface area contributed by atoms with Crippen LogP contribution in [0.25, 0.3) is 0 Å². The number of fused-ring (bicyclic) bond motifs is 2. The van der Waals surface area contributed by atoms with E-state index in [-0.39, 0.29) is 4.90 Å². The summed E-state index contributed by atoms with van der Waals surface area (Å²) in [6.45, 7) is 2.97. The molecule has 1 amide bonds. The summed E-state index contributed by atoms with van der Waals surface area (Å²) < 4.78 is 35.8. The first-order chi connectivity index (χ1) is 13.5. The molecule has 9 heteroatoms. The van der Waals surface area contributed by atoms with E-state index in [1.807, 2.05) is 6.07 Å². The lowest BCUT2D eigenvalue weighted by Gasteiger charge is -2.19. The zero-order chi connectivity index (χ0) is 19.7. The van der Waals surface area contributed by atoms with Gasteiger partial charge < -0.3 is 9.47 Å². The Morgan fingerprint density at radius 2 is 2.00 bits per heavy atom. The van der Waals surface area contributed by atoms with Crippen LogP contribution in [0.1, 0.15) is 39.9 Å². The van der Waals surface area contributed by atoms with Crippen molar-refractivity contribution in [2.24, 2.45) is 5.92 Å². The van der Waals surface area contributed by atoms with E-state index >= 15 is 0 Å². The molecule has 1 aromatic heterocycles. The molecule has 1 atom stereocenters. The molecule has 7 nitrogen and oxygen atoms in total. The molecule has 0 unspecified atom stereocenters. The summed E-state index contributed by atoms with van der Waals surface area (Å²) in [7, 11) is -3.92. The van der Waals surface area contributed by atoms with E-state index in [1.54, 1.807) is 6.07 Å². The molecule has 1 aromatic carbocycles. The molecule has 0 bridgehead atoms. The average molecular weight is 423 g/mol. The summed E-state index contributed by atoms with van der Waals surface area (Å²) in [6, 6.07) is 6.23. The van der Waals surface area contributed by atoms with Gasteiger partial charge in [-0.3, -0.25) is 10.2 Å². The van der Waals surface area contributed by atoms with Gasteiger partial charge in [-0.1, -0.05) is 13.3 Å². The summed E-state index contributed by atoms with van der Waals surface area (Å²) in [4.78, 5) is 16.4. The number of thiophene rings is 1. The second-order valence-corrected chi connectivity index (χ2v) is 9.76. The predicted octanol–water partition coefficient (Wildman–Crippen LogP) is 2.66. The third-order valence-corrected chi connectivity index (χ3v) is 7.59. The Kier molecular flexibility index (Phi) is 5.31. The topological polar surface area (TPSA) is 93.7 Å². The number of carbonyl (C=O) groups is 1. The van der Waals surface area contributed by atoms with Crippen molar-refractivity contribution in [2.45, 2.75) is 37.5 Å². The number of hydrogen-bond donors (Lipinski definition) is 2. The summed E-state index contributed by atoms with van der Waals surface area (Å²) in [5, 5.41) is 0. The molecule has 2 aromatic rings. The summed E-state index contributed by atoms with van der Waals surface area (Å²) >= 11 is 1.44. The number of rotatable bonds is 5. The summed E-state index contributed by atoms with van der Waals surface area (Å²) in [5.74, 6) is 1.08. The van der Waals surface area contributed by atoms with Gasteiger partial charge in [0, 0.05) is 10.9 Å². The third kappa shape index (κ3) is 3.87. The van der Waals surface area contributed by atoms with Gasteiger partial charge in [0.2, 0.25) is 0 Å². The van der Waals surface area contributed by atoms with Crippen LogP contribution in [0, 0.1) is 5.92 Å². The van der Waals surface area contributed by atoms with Gasteiger partial charge in [0.15, 0.2) is 11.5 Å². The molecular formula is C19H22N2O5S2. The SMILES string of the molecule is CC[C@@H]1CCc2sc(C(=O)NNS(=O)(=O)c3ccc4c(c3)OCCO4)cc2C1. The molecule has 0 fully saturated rings. The first-order valence-electron chi connectivity index (χ1n) is 9.29. The molecule has 2 N–H and O–H groups in total. The van der Waals surface area contributed by atoms with Gasteiger partial charge in [0.05, 0.1) is 9.77 Å². The standard InChI is InChI=1S/C19H22N2O5S2/c1-2-12-3-6-17-13(9-12)10-18(27-17)19(22)20-21-28(23,24)14-4-5-15-16(11-14)26-8-7-25-15/h4-5,10-12,21H,2-3,6-9H2,1H3,(H,20,22)/t12-/m1/s1. The molecule has 0 saturated carbocycles. The van der Waals surface area contributed by atoms with Crippen LogP contribution in [0.15, 0.2) is 29.2 Å². The van der Waals surface area contributed by atoms with Crippen molar-refractivity contribution < 1.29 is 22.7 Å². The predicted molar refractivity (Wildman–Crippen MR) is 105 cm³/mol. The van der Waals surface area contributed by atoms with Gasteiger partial charge in [0.1, 0.15) is 13.2 Å². The molecule has 4 rings (SSSR count). The van der Waals surface area contributed by atoms with E-state index in [0.717, 1.165) is 25.7 Å². The molecule has 0 radical (unpaired) electrons. The zero-order valence-corrected chi connectivity index (χ0v) is 17.1. The molecule has 2 heterocycles. The third-order valence-electron chi connectivity index (χ3n) is 5.11. The van der Waals surface area contributed by atoms with Crippen LogP contribution in [0.4, 0.5) is 0 Å². The fourth-order valence-electron chi connectivity index (χ4n) is 3.48. The van der Waals surface area contributed by atoms with Crippen molar-refractivity contribution >= 4 is 27.3 Å².